The van der Waals surface area contributed by atoms with Gasteiger partial charge in [-0.1, -0.05) is 25.3 Å². The van der Waals surface area contributed by atoms with Gasteiger partial charge in [0.05, 0.1) is 12.2 Å². The third kappa shape index (κ3) is 4.13. The maximum Gasteiger partial charge on any atom is 0.416 e. The van der Waals surface area contributed by atoms with E-state index in [0.717, 1.165) is 18.9 Å². The number of anilines is 1. The Labute approximate surface area is 117 Å². The number of ether oxygens (including phenoxy) is 1. The summed E-state index contributed by atoms with van der Waals surface area (Å²) in [4.78, 5) is 0. The van der Waals surface area contributed by atoms with Crippen molar-refractivity contribution in [2.24, 2.45) is 5.92 Å². The number of halogens is 3. The van der Waals surface area contributed by atoms with Crippen molar-refractivity contribution >= 4 is 5.69 Å². The van der Waals surface area contributed by atoms with E-state index in [1.807, 2.05) is 0 Å². The number of hydrogen-bond donors (Lipinski definition) is 1. The maximum absolute atomic E-state index is 12.9. The highest BCUT2D eigenvalue weighted by Crippen LogP contribution is 2.34. The molecule has 0 amide bonds. The minimum atomic E-state index is -4.39. The van der Waals surface area contributed by atoms with Crippen LogP contribution in [0.25, 0.3) is 0 Å². The smallest absolute Gasteiger partial charge is 0.399 e. The first-order valence-electron chi connectivity index (χ1n) is 7.00. The molecule has 20 heavy (non-hydrogen) atoms. The molecule has 1 saturated carbocycles. The van der Waals surface area contributed by atoms with Crippen LogP contribution in [0.2, 0.25) is 0 Å². The molecule has 2 nitrogen and oxygen atoms in total. The lowest BCUT2D eigenvalue weighted by atomic mass is 9.90. The van der Waals surface area contributed by atoms with Crippen LogP contribution in [0.1, 0.15) is 43.2 Å². The van der Waals surface area contributed by atoms with Crippen molar-refractivity contribution in [1.29, 1.82) is 0 Å². The van der Waals surface area contributed by atoms with Gasteiger partial charge < -0.3 is 10.5 Å². The average Bonchev–Trinajstić information content (AvgIpc) is 2.40. The Hall–Kier alpha value is -1.23. The van der Waals surface area contributed by atoms with Gasteiger partial charge in [-0.2, -0.15) is 13.2 Å². The van der Waals surface area contributed by atoms with E-state index >= 15 is 0 Å². The van der Waals surface area contributed by atoms with Gasteiger partial charge in [0.2, 0.25) is 0 Å². The standard InChI is InChI=1S/C15H20F3NO/c16-15(17,18)14-8-13(19)7-6-12(14)10-20-9-11-4-2-1-3-5-11/h6-8,11H,1-5,9-10,19H2. The van der Waals surface area contributed by atoms with Gasteiger partial charge in [0, 0.05) is 12.3 Å². The number of alkyl halides is 3. The zero-order valence-corrected chi connectivity index (χ0v) is 11.4. The molecule has 112 valence electrons. The fraction of sp³-hybridized carbons (Fsp3) is 0.600. The van der Waals surface area contributed by atoms with Gasteiger partial charge in [0.15, 0.2) is 0 Å². The summed E-state index contributed by atoms with van der Waals surface area (Å²) in [5.74, 6) is 0.492. The highest BCUT2D eigenvalue weighted by Gasteiger charge is 2.33. The lowest BCUT2D eigenvalue weighted by molar-refractivity contribution is -0.138. The van der Waals surface area contributed by atoms with Crippen LogP contribution >= 0.6 is 0 Å². The van der Waals surface area contributed by atoms with Crippen LogP contribution in [-0.4, -0.2) is 6.61 Å². The summed E-state index contributed by atoms with van der Waals surface area (Å²) in [6.45, 7) is 0.535. The second-order valence-corrected chi connectivity index (χ2v) is 5.43. The molecule has 1 aromatic carbocycles. The molecule has 0 atom stereocenters. The Balaban J connectivity index is 1.95. The van der Waals surface area contributed by atoms with Crippen LogP contribution in [0.4, 0.5) is 18.9 Å². The predicted molar refractivity (Wildman–Crippen MR) is 72.1 cm³/mol. The second-order valence-electron chi connectivity index (χ2n) is 5.43. The molecule has 2 N–H and O–H groups in total. The molecule has 2 rings (SSSR count). The van der Waals surface area contributed by atoms with Crippen LogP contribution in [0.3, 0.4) is 0 Å². The van der Waals surface area contributed by atoms with Gasteiger partial charge >= 0.3 is 6.18 Å². The van der Waals surface area contributed by atoms with Crippen molar-refractivity contribution in [3.63, 3.8) is 0 Å². The third-order valence-electron chi connectivity index (χ3n) is 3.78. The maximum atomic E-state index is 12.9. The summed E-state index contributed by atoms with van der Waals surface area (Å²) in [6.07, 6.45) is 1.50. The Morgan fingerprint density at radius 1 is 1.15 bits per heavy atom. The zero-order chi connectivity index (χ0) is 14.6. The van der Waals surface area contributed by atoms with Crippen LogP contribution in [-0.2, 0) is 17.5 Å². The molecule has 1 fully saturated rings. The van der Waals surface area contributed by atoms with Crippen molar-refractivity contribution in [1.82, 2.24) is 0 Å². The molecule has 0 radical (unpaired) electrons. The van der Waals surface area contributed by atoms with E-state index in [9.17, 15) is 13.2 Å². The monoisotopic (exact) mass is 287 g/mol. The third-order valence-corrected chi connectivity index (χ3v) is 3.78. The summed E-state index contributed by atoms with van der Waals surface area (Å²) in [5, 5.41) is 0. The van der Waals surface area contributed by atoms with Gasteiger partial charge in [-0.3, -0.25) is 0 Å². The number of rotatable bonds is 4. The lowest BCUT2D eigenvalue weighted by Crippen LogP contribution is -2.15. The first kappa shape index (κ1) is 15.2. The molecule has 0 bridgehead atoms. The van der Waals surface area contributed by atoms with E-state index in [-0.39, 0.29) is 17.9 Å². The molecule has 1 aliphatic rings. The van der Waals surface area contributed by atoms with E-state index in [1.54, 1.807) is 0 Å². The van der Waals surface area contributed by atoms with E-state index in [4.69, 9.17) is 10.5 Å². The largest absolute Gasteiger partial charge is 0.416 e. The summed E-state index contributed by atoms with van der Waals surface area (Å²) in [7, 11) is 0. The summed E-state index contributed by atoms with van der Waals surface area (Å²) in [6, 6.07) is 3.85. The number of nitrogen functional groups attached to an aromatic ring is 1. The van der Waals surface area contributed by atoms with Gasteiger partial charge in [0.1, 0.15) is 0 Å². The van der Waals surface area contributed by atoms with Gasteiger partial charge in [0.25, 0.3) is 0 Å². The van der Waals surface area contributed by atoms with E-state index < -0.39 is 11.7 Å². The van der Waals surface area contributed by atoms with Crippen LogP contribution in [0.15, 0.2) is 18.2 Å². The van der Waals surface area contributed by atoms with Gasteiger partial charge in [-0.05, 0) is 36.5 Å². The van der Waals surface area contributed by atoms with E-state index in [0.29, 0.717) is 12.5 Å². The fourth-order valence-electron chi connectivity index (χ4n) is 2.67. The van der Waals surface area contributed by atoms with Crippen LogP contribution in [0, 0.1) is 5.92 Å². The Morgan fingerprint density at radius 2 is 1.85 bits per heavy atom. The topological polar surface area (TPSA) is 35.2 Å². The highest BCUT2D eigenvalue weighted by molar-refractivity contribution is 5.45. The molecular formula is C15H20F3NO. The van der Waals surface area contributed by atoms with Crippen molar-refractivity contribution in [2.75, 3.05) is 12.3 Å². The predicted octanol–water partition coefficient (Wildman–Crippen LogP) is 4.38. The Bertz CT molecular complexity index is 439. The number of nitrogens with two attached hydrogens (primary N) is 1. The molecule has 0 aromatic heterocycles. The first-order chi connectivity index (χ1) is 9.47. The summed E-state index contributed by atoms with van der Waals surface area (Å²) >= 11 is 0. The fourth-order valence-corrected chi connectivity index (χ4v) is 2.67. The van der Waals surface area contributed by atoms with E-state index in [1.165, 1.54) is 31.4 Å². The van der Waals surface area contributed by atoms with E-state index in [2.05, 4.69) is 0 Å². The van der Waals surface area contributed by atoms with Crippen molar-refractivity contribution in [3.05, 3.63) is 29.3 Å². The first-order valence-corrected chi connectivity index (χ1v) is 7.00. The normalized spacial score (nSPS) is 17.4. The Morgan fingerprint density at radius 3 is 2.50 bits per heavy atom. The molecule has 0 heterocycles. The summed E-state index contributed by atoms with van der Waals surface area (Å²) in [5.41, 5.74) is 5.01. The lowest BCUT2D eigenvalue weighted by Gasteiger charge is -2.21. The Kier molecular flexibility index (Phi) is 4.91. The molecule has 0 spiro atoms. The zero-order valence-electron chi connectivity index (χ0n) is 11.4. The van der Waals surface area contributed by atoms with Crippen molar-refractivity contribution < 1.29 is 17.9 Å². The molecule has 0 saturated heterocycles. The molecular weight excluding hydrogens is 267 g/mol. The molecule has 1 aromatic rings. The SMILES string of the molecule is Nc1ccc(COCC2CCCCC2)c(C(F)(F)F)c1. The summed E-state index contributed by atoms with van der Waals surface area (Å²) < 4.78 is 44.2. The number of hydrogen-bond acceptors (Lipinski definition) is 2. The van der Waals surface area contributed by atoms with Gasteiger partial charge in [-0.15, -0.1) is 0 Å². The second kappa shape index (κ2) is 6.48. The molecule has 5 heteroatoms. The molecule has 0 unspecified atom stereocenters. The van der Waals surface area contributed by atoms with Crippen LogP contribution < -0.4 is 5.73 Å². The highest BCUT2D eigenvalue weighted by atomic mass is 19.4. The van der Waals surface area contributed by atoms with Crippen LogP contribution in [0.5, 0.6) is 0 Å². The minimum absolute atomic E-state index is 0.00831. The molecule has 0 aliphatic heterocycles. The van der Waals surface area contributed by atoms with Crippen molar-refractivity contribution in [2.45, 2.75) is 44.9 Å². The minimum Gasteiger partial charge on any atom is -0.399 e. The van der Waals surface area contributed by atoms with Crippen molar-refractivity contribution in [3.8, 4) is 0 Å². The number of benzene rings is 1. The molecule has 1 aliphatic carbocycles. The quantitative estimate of drug-likeness (QED) is 0.834. The average molecular weight is 287 g/mol. The van der Waals surface area contributed by atoms with Gasteiger partial charge in [-0.25, -0.2) is 0 Å².